The molecule has 0 aromatic carbocycles. The molecule has 14 heavy (non-hydrogen) atoms. The molecule has 0 spiro atoms. The molecule has 4 nitrogen and oxygen atoms in total. The Morgan fingerprint density at radius 1 is 1.50 bits per heavy atom. The first-order chi connectivity index (χ1) is 6.42. The third kappa shape index (κ3) is 2.25. The van der Waals surface area contributed by atoms with Gasteiger partial charge in [0, 0.05) is 6.61 Å². The predicted molar refractivity (Wildman–Crippen MR) is 54.6 cm³/mol. The van der Waals surface area contributed by atoms with Crippen LogP contribution >= 0.6 is 34.8 Å². The number of hydrogen-bond donors (Lipinski definition) is 2. The zero-order valence-electron chi connectivity index (χ0n) is 7.16. The van der Waals surface area contributed by atoms with E-state index in [9.17, 15) is 5.11 Å². The molecule has 2 atom stereocenters. The fourth-order valence-electron chi connectivity index (χ4n) is 1.20. The molecule has 0 fully saturated rings. The molecule has 82 valence electrons. The van der Waals surface area contributed by atoms with Crippen molar-refractivity contribution >= 4 is 41.0 Å². The van der Waals surface area contributed by atoms with E-state index in [-0.39, 0.29) is 6.61 Å². The lowest BCUT2D eigenvalue weighted by atomic mass is 9.96. The van der Waals surface area contributed by atoms with Gasteiger partial charge in [0.15, 0.2) is 0 Å². The number of aliphatic hydroxyl groups excluding tert-OH is 1. The van der Waals surface area contributed by atoms with Gasteiger partial charge in [0.2, 0.25) is 0 Å². The topological polar surface area (TPSA) is 62.1 Å². The summed E-state index contributed by atoms with van der Waals surface area (Å²) in [5.74, 6) is -2.46. The third-order valence-corrected chi connectivity index (χ3v) is 2.83. The average Bonchev–Trinajstić information content (AvgIpc) is 2.44. The summed E-state index contributed by atoms with van der Waals surface area (Å²) in [4.78, 5) is 4.66. The molecule has 1 aliphatic rings. The van der Waals surface area contributed by atoms with Crippen LogP contribution < -0.4 is 0 Å². The highest BCUT2D eigenvalue weighted by atomic mass is 35.6. The summed E-state index contributed by atoms with van der Waals surface area (Å²) < 4.78 is -1.97. The Balaban J connectivity index is 2.69. The first-order valence-electron chi connectivity index (χ1n) is 4.03. The van der Waals surface area contributed by atoms with E-state index in [0.717, 1.165) is 0 Å². The summed E-state index contributed by atoms with van der Waals surface area (Å²) in [5, 5.41) is 22.0. The number of halogens is 3. The molecule has 0 aromatic heterocycles. The Morgan fingerprint density at radius 3 is 2.64 bits per heavy atom. The first-order valence-corrected chi connectivity index (χ1v) is 5.17. The van der Waals surface area contributed by atoms with Crippen LogP contribution in [-0.4, -0.2) is 32.6 Å². The highest BCUT2D eigenvalue weighted by molar-refractivity contribution is 6.68. The molecule has 0 bridgehead atoms. The summed E-state index contributed by atoms with van der Waals surface area (Å²) in [6.45, 7) is 0.000275. The van der Waals surface area contributed by atoms with Crippen LogP contribution in [0.25, 0.3) is 0 Å². The van der Waals surface area contributed by atoms with Crippen molar-refractivity contribution in [1.29, 1.82) is 0 Å². The van der Waals surface area contributed by atoms with Gasteiger partial charge in [-0.15, -0.1) is 0 Å². The van der Waals surface area contributed by atoms with E-state index in [2.05, 4.69) is 9.99 Å². The number of alkyl halides is 3. The summed E-state index contributed by atoms with van der Waals surface area (Å²) in [7, 11) is 0. The van der Waals surface area contributed by atoms with E-state index in [1.807, 2.05) is 0 Å². The van der Waals surface area contributed by atoms with Crippen molar-refractivity contribution in [2.75, 3.05) is 6.61 Å². The van der Waals surface area contributed by atoms with Gasteiger partial charge in [0.25, 0.3) is 9.58 Å². The Hall–Kier alpha value is 0.260. The number of nitrogens with zero attached hydrogens (tertiary/aromatic N) is 1. The lowest BCUT2D eigenvalue weighted by Gasteiger charge is -2.32. The highest BCUT2D eigenvalue weighted by Gasteiger charge is 2.57. The van der Waals surface area contributed by atoms with E-state index >= 15 is 0 Å². The highest BCUT2D eigenvalue weighted by Crippen LogP contribution is 2.46. The van der Waals surface area contributed by atoms with Crippen LogP contribution in [0.4, 0.5) is 0 Å². The molecule has 0 saturated heterocycles. The molecule has 1 unspecified atom stereocenters. The minimum atomic E-state index is -1.97. The molecule has 1 rings (SSSR count). The number of oxime groups is 1. The van der Waals surface area contributed by atoms with Crippen molar-refractivity contribution in [2.45, 2.75) is 22.4 Å². The Bertz CT molecular complexity index is 231. The maximum atomic E-state index is 9.89. The Morgan fingerprint density at radius 2 is 2.14 bits per heavy atom. The van der Waals surface area contributed by atoms with Gasteiger partial charge in [0.05, 0.1) is 12.1 Å². The number of hydrogen-bond acceptors (Lipinski definition) is 4. The third-order valence-electron chi connectivity index (χ3n) is 2.01. The Kier molecular flexibility index (Phi) is 3.88. The second kappa shape index (κ2) is 4.41. The summed E-state index contributed by atoms with van der Waals surface area (Å²) >= 11 is 16.7. The molecule has 2 N–H and O–H groups in total. The van der Waals surface area contributed by atoms with Crippen LogP contribution in [0, 0.1) is 5.92 Å². The first kappa shape index (κ1) is 12.3. The van der Waals surface area contributed by atoms with Gasteiger partial charge >= 0.3 is 0 Å². The largest absolute Gasteiger partial charge is 0.396 e. The molecule has 0 saturated carbocycles. The van der Waals surface area contributed by atoms with Crippen molar-refractivity contribution in [3.63, 3.8) is 0 Å². The fraction of sp³-hybridized carbons (Fsp3) is 0.857. The molecule has 0 aromatic rings. The number of rotatable bonds is 3. The fourth-order valence-corrected chi connectivity index (χ4v) is 1.72. The second-order valence-corrected chi connectivity index (χ2v) is 5.29. The van der Waals surface area contributed by atoms with E-state index in [4.69, 9.17) is 39.9 Å². The molecule has 1 aliphatic heterocycles. The van der Waals surface area contributed by atoms with Gasteiger partial charge in [-0.2, -0.15) is 0 Å². The van der Waals surface area contributed by atoms with Crippen molar-refractivity contribution in [3.8, 4) is 0 Å². The van der Waals surface area contributed by atoms with Crippen LogP contribution in [-0.2, 0) is 4.84 Å². The Labute approximate surface area is 96.4 Å². The van der Waals surface area contributed by atoms with Crippen LogP contribution in [0.3, 0.4) is 0 Å². The average molecular weight is 263 g/mol. The van der Waals surface area contributed by atoms with Crippen molar-refractivity contribution in [2.24, 2.45) is 11.1 Å². The van der Waals surface area contributed by atoms with Crippen molar-refractivity contribution < 1.29 is 15.1 Å². The summed E-state index contributed by atoms with van der Waals surface area (Å²) in [5.41, 5.74) is 0. The minimum absolute atomic E-state index is 0.000275. The molecular weight excluding hydrogens is 252 g/mol. The van der Waals surface area contributed by atoms with Gasteiger partial charge < -0.3 is 15.1 Å². The molecular formula is C7H10Cl3NO3. The predicted octanol–water partition coefficient (Wildman–Crippen LogP) is 1.45. The van der Waals surface area contributed by atoms with Gasteiger partial charge in [-0.3, -0.25) is 0 Å². The molecule has 0 amide bonds. The zero-order valence-corrected chi connectivity index (χ0v) is 9.43. The van der Waals surface area contributed by atoms with Gasteiger partial charge in [-0.05, 0) is 12.8 Å². The van der Waals surface area contributed by atoms with Crippen LogP contribution in [0.15, 0.2) is 5.16 Å². The molecule has 1 heterocycles. The lowest BCUT2D eigenvalue weighted by molar-refractivity contribution is -0.205. The smallest absolute Gasteiger partial charge is 0.289 e. The van der Waals surface area contributed by atoms with E-state index in [0.29, 0.717) is 12.8 Å². The molecule has 7 heteroatoms. The normalized spacial score (nSPS) is 31.9. The zero-order chi connectivity index (χ0) is 10.8. The maximum Gasteiger partial charge on any atom is 0.289 e. The summed E-state index contributed by atoms with van der Waals surface area (Å²) in [6, 6.07) is 0. The minimum Gasteiger partial charge on any atom is -0.396 e. The van der Waals surface area contributed by atoms with Crippen LogP contribution in [0.1, 0.15) is 12.8 Å². The standard InChI is InChI=1S/C7H10Cl3NO3/c8-7(9,10)6(13)5(2-1-3-12)4-11-14-6/h4-5,12-13H,1-3H2/t5?,6-/m0/s1. The van der Waals surface area contributed by atoms with Crippen molar-refractivity contribution in [3.05, 3.63) is 0 Å². The van der Waals surface area contributed by atoms with E-state index in [1.54, 1.807) is 0 Å². The van der Waals surface area contributed by atoms with Crippen LogP contribution in [0.2, 0.25) is 0 Å². The molecule has 0 radical (unpaired) electrons. The van der Waals surface area contributed by atoms with E-state index in [1.165, 1.54) is 6.21 Å². The lowest BCUT2D eigenvalue weighted by Crippen LogP contribution is -2.48. The van der Waals surface area contributed by atoms with Crippen molar-refractivity contribution in [1.82, 2.24) is 0 Å². The van der Waals surface area contributed by atoms with Crippen LogP contribution in [0.5, 0.6) is 0 Å². The molecule has 0 aliphatic carbocycles. The van der Waals surface area contributed by atoms with Gasteiger partial charge in [-0.25, -0.2) is 0 Å². The SMILES string of the molecule is OCCCC1C=NO[C@]1(O)C(Cl)(Cl)Cl. The monoisotopic (exact) mass is 261 g/mol. The quantitative estimate of drug-likeness (QED) is 0.757. The maximum absolute atomic E-state index is 9.89. The van der Waals surface area contributed by atoms with Gasteiger partial charge in [-0.1, -0.05) is 40.0 Å². The summed E-state index contributed by atoms with van der Waals surface area (Å²) in [6.07, 6.45) is 2.28. The van der Waals surface area contributed by atoms with E-state index < -0.39 is 15.5 Å². The second-order valence-electron chi connectivity index (χ2n) is 3.01. The number of aliphatic hydroxyl groups is 2. The van der Waals surface area contributed by atoms with Gasteiger partial charge in [0.1, 0.15) is 0 Å².